The molecular weight excluding hydrogens is 438 g/mol. The number of likely N-dealkylation sites (tertiary alicyclic amines) is 1. The normalized spacial score (nSPS) is 18.2. The Morgan fingerprint density at radius 3 is 2.40 bits per heavy atom. The monoisotopic (exact) mass is 477 g/mol. The molecule has 0 saturated carbocycles. The topological polar surface area (TPSA) is 88.5 Å². The molecule has 0 unspecified atom stereocenters. The van der Waals surface area contributed by atoms with Gasteiger partial charge in [0.05, 0.1) is 5.69 Å². The third-order valence-electron chi connectivity index (χ3n) is 7.57. The molecule has 3 N–H and O–H groups in total. The molecule has 2 aliphatic heterocycles. The molecular formula is C28H39N5O2. The van der Waals surface area contributed by atoms with Crippen molar-refractivity contribution in [2.45, 2.75) is 70.8 Å². The smallest absolute Gasteiger partial charge is 0.321 e. The largest absolute Gasteiger partial charge is 0.342 e. The third kappa shape index (κ3) is 5.44. The van der Waals surface area contributed by atoms with Crippen LogP contribution in [0.3, 0.4) is 0 Å². The molecule has 35 heavy (non-hydrogen) atoms. The molecule has 188 valence electrons. The van der Waals surface area contributed by atoms with Gasteiger partial charge in [0, 0.05) is 25.0 Å². The van der Waals surface area contributed by atoms with Gasteiger partial charge in [-0.15, -0.1) is 0 Å². The van der Waals surface area contributed by atoms with E-state index in [4.69, 9.17) is 5.41 Å². The number of amides is 3. The minimum atomic E-state index is -0.609. The highest BCUT2D eigenvalue weighted by Crippen LogP contribution is 2.31. The van der Waals surface area contributed by atoms with Crippen molar-refractivity contribution in [3.8, 4) is 0 Å². The lowest BCUT2D eigenvalue weighted by Crippen LogP contribution is -2.47. The lowest BCUT2D eigenvalue weighted by molar-refractivity contribution is -0.132. The SMILES string of the molecule is CCCCC1(CCCC)NC(=N)N(CC2CCN(C(=O)Nc3cccc4ccccc34)CC2)C1=O. The number of unbranched alkanes of at least 4 members (excludes halogenated alkanes) is 2. The Labute approximate surface area is 208 Å². The number of benzene rings is 2. The lowest BCUT2D eigenvalue weighted by atomic mass is 9.86. The highest BCUT2D eigenvalue weighted by Gasteiger charge is 2.48. The van der Waals surface area contributed by atoms with Gasteiger partial charge in [0.15, 0.2) is 5.96 Å². The molecule has 0 aliphatic carbocycles. The number of piperidine rings is 1. The summed E-state index contributed by atoms with van der Waals surface area (Å²) in [5.74, 6) is 0.606. The summed E-state index contributed by atoms with van der Waals surface area (Å²) in [7, 11) is 0. The summed E-state index contributed by atoms with van der Waals surface area (Å²) in [4.78, 5) is 29.9. The number of anilines is 1. The van der Waals surface area contributed by atoms with Crippen LogP contribution in [0.15, 0.2) is 42.5 Å². The minimum absolute atomic E-state index is 0.0699. The van der Waals surface area contributed by atoms with Crippen LogP contribution in [0.25, 0.3) is 10.8 Å². The zero-order valence-electron chi connectivity index (χ0n) is 21.1. The van der Waals surface area contributed by atoms with Crippen LogP contribution in [0, 0.1) is 11.3 Å². The van der Waals surface area contributed by atoms with Gasteiger partial charge in [0.25, 0.3) is 5.91 Å². The van der Waals surface area contributed by atoms with Crippen molar-refractivity contribution in [3.05, 3.63) is 42.5 Å². The Morgan fingerprint density at radius 1 is 1.06 bits per heavy atom. The maximum Gasteiger partial charge on any atom is 0.321 e. The molecule has 4 rings (SSSR count). The summed E-state index contributed by atoms with van der Waals surface area (Å²) in [6.07, 6.45) is 7.27. The Kier molecular flexibility index (Phi) is 7.93. The van der Waals surface area contributed by atoms with Crippen molar-refractivity contribution in [1.29, 1.82) is 5.41 Å². The van der Waals surface area contributed by atoms with E-state index in [1.54, 1.807) is 4.90 Å². The van der Waals surface area contributed by atoms with E-state index in [1.807, 2.05) is 47.4 Å². The molecule has 0 spiro atoms. The van der Waals surface area contributed by atoms with Crippen LogP contribution in [0.2, 0.25) is 0 Å². The van der Waals surface area contributed by atoms with Gasteiger partial charge in [-0.25, -0.2) is 4.79 Å². The first kappa shape index (κ1) is 25.0. The van der Waals surface area contributed by atoms with E-state index in [1.165, 1.54) is 0 Å². The molecule has 0 aromatic heterocycles. The van der Waals surface area contributed by atoms with Crippen LogP contribution in [0.5, 0.6) is 0 Å². The van der Waals surface area contributed by atoms with Crippen molar-refractivity contribution < 1.29 is 9.59 Å². The molecule has 0 radical (unpaired) electrons. The van der Waals surface area contributed by atoms with Crippen molar-refractivity contribution in [1.82, 2.24) is 15.1 Å². The molecule has 0 atom stereocenters. The predicted molar refractivity (Wildman–Crippen MR) is 142 cm³/mol. The molecule has 7 heteroatoms. The maximum absolute atomic E-state index is 13.5. The van der Waals surface area contributed by atoms with Crippen molar-refractivity contribution in [2.75, 3.05) is 25.0 Å². The Balaban J connectivity index is 1.33. The Hall–Kier alpha value is -3.09. The molecule has 3 amide bonds. The average molecular weight is 478 g/mol. The van der Waals surface area contributed by atoms with Gasteiger partial charge in [0.2, 0.25) is 0 Å². The van der Waals surface area contributed by atoms with Gasteiger partial charge < -0.3 is 15.5 Å². The number of carbonyl (C=O) groups excluding carboxylic acids is 2. The van der Waals surface area contributed by atoms with E-state index in [9.17, 15) is 9.59 Å². The van der Waals surface area contributed by atoms with Crippen LogP contribution in [-0.4, -0.2) is 52.9 Å². The van der Waals surface area contributed by atoms with Crippen LogP contribution >= 0.6 is 0 Å². The van der Waals surface area contributed by atoms with Gasteiger partial charge in [0.1, 0.15) is 5.54 Å². The molecule has 2 aliphatic rings. The van der Waals surface area contributed by atoms with E-state index in [0.29, 0.717) is 19.6 Å². The zero-order valence-corrected chi connectivity index (χ0v) is 21.1. The number of carbonyl (C=O) groups is 2. The number of hydrogen-bond acceptors (Lipinski definition) is 3. The number of nitrogens with one attached hydrogen (secondary N) is 3. The second kappa shape index (κ2) is 11.1. The van der Waals surface area contributed by atoms with Crippen molar-refractivity contribution in [2.24, 2.45) is 5.92 Å². The first-order chi connectivity index (χ1) is 17.0. The zero-order chi connectivity index (χ0) is 24.8. The van der Waals surface area contributed by atoms with Crippen molar-refractivity contribution >= 4 is 34.4 Å². The summed E-state index contributed by atoms with van der Waals surface area (Å²) < 4.78 is 0. The van der Waals surface area contributed by atoms with Gasteiger partial charge in [-0.2, -0.15) is 0 Å². The summed E-state index contributed by atoms with van der Waals surface area (Å²) >= 11 is 0. The molecule has 0 bridgehead atoms. The summed E-state index contributed by atoms with van der Waals surface area (Å²) in [6, 6.07) is 13.9. The van der Waals surface area contributed by atoms with Crippen LogP contribution < -0.4 is 10.6 Å². The number of guanidine groups is 1. The van der Waals surface area contributed by atoms with E-state index in [-0.39, 0.29) is 23.8 Å². The predicted octanol–water partition coefficient (Wildman–Crippen LogP) is 5.57. The van der Waals surface area contributed by atoms with Gasteiger partial charge in [-0.05, 0) is 43.1 Å². The second-order valence-corrected chi connectivity index (χ2v) is 10.1. The molecule has 2 saturated heterocycles. The molecule has 2 aromatic rings. The molecule has 2 aromatic carbocycles. The van der Waals surface area contributed by atoms with Crippen LogP contribution in [-0.2, 0) is 4.79 Å². The standard InChI is InChI=1S/C28H39N5O2/c1-3-5-16-28(17-6-4-2)25(34)33(26(29)31-28)20-21-14-18-32(19-15-21)27(35)30-24-13-9-11-22-10-7-8-12-23(22)24/h7-13,21H,3-6,14-20H2,1-2H3,(H2,29,31)(H,30,35). The van der Waals surface area contributed by atoms with Crippen LogP contribution in [0.4, 0.5) is 10.5 Å². The molecule has 2 heterocycles. The van der Waals surface area contributed by atoms with Crippen molar-refractivity contribution in [3.63, 3.8) is 0 Å². The molecule has 7 nitrogen and oxygen atoms in total. The average Bonchev–Trinajstić information content (AvgIpc) is 3.11. The second-order valence-electron chi connectivity index (χ2n) is 10.1. The Bertz CT molecular complexity index is 1050. The number of urea groups is 1. The number of rotatable bonds is 9. The number of fused-ring (bicyclic) bond motifs is 1. The van der Waals surface area contributed by atoms with Gasteiger partial charge in [-0.3, -0.25) is 15.1 Å². The van der Waals surface area contributed by atoms with E-state index >= 15 is 0 Å². The fourth-order valence-electron chi connectivity index (χ4n) is 5.41. The summed E-state index contributed by atoms with van der Waals surface area (Å²) in [5, 5.41) is 17.0. The minimum Gasteiger partial charge on any atom is -0.342 e. The van der Waals surface area contributed by atoms with E-state index in [0.717, 1.165) is 67.8 Å². The Morgan fingerprint density at radius 2 is 1.71 bits per heavy atom. The van der Waals surface area contributed by atoms with E-state index < -0.39 is 5.54 Å². The highest BCUT2D eigenvalue weighted by molar-refractivity contribution is 6.08. The quantitative estimate of drug-likeness (QED) is 0.441. The van der Waals surface area contributed by atoms with E-state index in [2.05, 4.69) is 24.5 Å². The fraction of sp³-hybridized carbons (Fsp3) is 0.536. The summed E-state index contributed by atoms with van der Waals surface area (Å²) in [6.45, 7) is 6.14. The first-order valence-electron chi connectivity index (χ1n) is 13.2. The fourth-order valence-corrected chi connectivity index (χ4v) is 5.41. The first-order valence-corrected chi connectivity index (χ1v) is 13.2. The van der Waals surface area contributed by atoms with Gasteiger partial charge >= 0.3 is 6.03 Å². The van der Waals surface area contributed by atoms with Gasteiger partial charge in [-0.1, -0.05) is 75.9 Å². The maximum atomic E-state index is 13.5. The third-order valence-corrected chi connectivity index (χ3v) is 7.57. The number of nitrogens with zero attached hydrogens (tertiary/aromatic N) is 2. The number of hydrogen-bond donors (Lipinski definition) is 3. The van der Waals surface area contributed by atoms with Crippen LogP contribution in [0.1, 0.15) is 65.2 Å². The highest BCUT2D eigenvalue weighted by atomic mass is 16.2. The molecule has 2 fully saturated rings. The summed E-state index contributed by atoms with van der Waals surface area (Å²) in [5.41, 5.74) is 0.218. The lowest BCUT2D eigenvalue weighted by Gasteiger charge is -2.34.